The molecule has 0 unspecified atom stereocenters. The van der Waals surface area contributed by atoms with Crippen LogP contribution in [0.4, 0.5) is 10.5 Å². The average molecular weight is 304 g/mol. The zero-order valence-electron chi connectivity index (χ0n) is 8.20. The smallest absolute Gasteiger partial charge is 0.318 e. The molecule has 0 fully saturated rings. The number of halogens is 1. The Morgan fingerprint density at radius 3 is 2.69 bits per heavy atom. The molecule has 0 saturated carbocycles. The number of anilines is 1. The van der Waals surface area contributed by atoms with Gasteiger partial charge < -0.3 is 11.5 Å². The first-order valence-electron chi connectivity index (χ1n) is 4.26. The molecule has 0 heterocycles. The number of rotatable bonds is 3. The summed E-state index contributed by atoms with van der Waals surface area (Å²) in [5.41, 5.74) is 11.0. The van der Waals surface area contributed by atoms with Crippen molar-refractivity contribution in [3.63, 3.8) is 0 Å². The highest BCUT2D eigenvalue weighted by Crippen LogP contribution is 2.28. The number of nitrogens with one attached hydrogen (secondary N) is 1. The molecule has 0 aromatic heterocycles. The van der Waals surface area contributed by atoms with E-state index in [0.717, 1.165) is 9.37 Å². The van der Waals surface area contributed by atoms with Gasteiger partial charge in [0, 0.05) is 15.1 Å². The second kappa shape index (κ2) is 5.76. The van der Waals surface area contributed by atoms with E-state index < -0.39 is 11.9 Å². The maximum absolute atomic E-state index is 11.1. The number of benzene rings is 1. The second-order valence-electron chi connectivity index (χ2n) is 2.89. The highest BCUT2D eigenvalue weighted by atomic mass is 79.9. The van der Waals surface area contributed by atoms with Gasteiger partial charge in [-0.05, 0) is 34.1 Å². The molecular formula is C9H10BrN3O2S. The highest BCUT2D eigenvalue weighted by Gasteiger charge is 2.07. The van der Waals surface area contributed by atoms with Crippen LogP contribution in [0, 0.1) is 0 Å². The minimum Gasteiger partial charge on any atom is -0.399 e. The number of nitrogen functional groups attached to an aromatic ring is 1. The molecule has 5 N–H and O–H groups in total. The zero-order chi connectivity index (χ0) is 12.1. The molecule has 0 bridgehead atoms. The molecule has 3 amide bonds. The van der Waals surface area contributed by atoms with Gasteiger partial charge in [0.15, 0.2) is 0 Å². The van der Waals surface area contributed by atoms with Crippen LogP contribution in [-0.2, 0) is 4.79 Å². The minimum absolute atomic E-state index is 0.117. The molecule has 0 aliphatic heterocycles. The van der Waals surface area contributed by atoms with Crippen LogP contribution >= 0.6 is 27.7 Å². The second-order valence-corrected chi connectivity index (χ2v) is 4.76. The van der Waals surface area contributed by atoms with E-state index in [-0.39, 0.29) is 5.75 Å². The number of nitrogens with two attached hydrogens (primary N) is 2. The average Bonchev–Trinajstić information content (AvgIpc) is 2.15. The molecule has 1 rings (SSSR count). The lowest BCUT2D eigenvalue weighted by molar-refractivity contribution is -0.117. The van der Waals surface area contributed by atoms with Gasteiger partial charge in [0.2, 0.25) is 5.91 Å². The topological polar surface area (TPSA) is 98.2 Å². The molecule has 0 saturated heterocycles. The predicted octanol–water partition coefficient (Wildman–Crippen LogP) is 1.32. The van der Waals surface area contributed by atoms with Crippen LogP contribution in [0.5, 0.6) is 0 Å². The Kier molecular flexibility index (Phi) is 4.63. The Hall–Kier alpha value is -1.21. The summed E-state index contributed by atoms with van der Waals surface area (Å²) in [6, 6.07) is 4.43. The number of urea groups is 1. The Labute approximate surface area is 105 Å². The highest BCUT2D eigenvalue weighted by molar-refractivity contribution is 9.10. The van der Waals surface area contributed by atoms with E-state index in [1.54, 1.807) is 18.2 Å². The van der Waals surface area contributed by atoms with Gasteiger partial charge in [0.1, 0.15) is 0 Å². The van der Waals surface area contributed by atoms with Crippen LogP contribution in [0.25, 0.3) is 0 Å². The fraction of sp³-hybridized carbons (Fsp3) is 0.111. The van der Waals surface area contributed by atoms with Crippen molar-refractivity contribution in [3.8, 4) is 0 Å². The molecule has 0 spiro atoms. The predicted molar refractivity (Wildman–Crippen MR) is 67.0 cm³/mol. The number of imide groups is 1. The van der Waals surface area contributed by atoms with Crippen molar-refractivity contribution in [1.82, 2.24) is 5.32 Å². The number of hydrogen-bond donors (Lipinski definition) is 3. The van der Waals surface area contributed by atoms with E-state index in [1.807, 2.05) is 5.32 Å². The molecule has 1 aromatic carbocycles. The van der Waals surface area contributed by atoms with E-state index in [4.69, 9.17) is 11.5 Å². The molecule has 0 atom stereocenters. The summed E-state index contributed by atoms with van der Waals surface area (Å²) in [6.07, 6.45) is 0. The van der Waals surface area contributed by atoms with Gasteiger partial charge in [-0.3, -0.25) is 10.1 Å². The first-order valence-corrected chi connectivity index (χ1v) is 6.04. The lowest BCUT2D eigenvalue weighted by atomic mass is 10.3. The first kappa shape index (κ1) is 12.9. The number of carbonyl (C=O) groups excluding carboxylic acids is 2. The van der Waals surface area contributed by atoms with Crippen molar-refractivity contribution in [2.24, 2.45) is 5.73 Å². The molecule has 5 nitrogen and oxygen atoms in total. The van der Waals surface area contributed by atoms with Crippen LogP contribution in [0.3, 0.4) is 0 Å². The van der Waals surface area contributed by atoms with Crippen molar-refractivity contribution in [1.29, 1.82) is 0 Å². The van der Waals surface area contributed by atoms with Gasteiger partial charge in [-0.25, -0.2) is 4.79 Å². The van der Waals surface area contributed by atoms with Crippen molar-refractivity contribution in [2.75, 3.05) is 11.5 Å². The standard InChI is InChI=1S/C9H10BrN3O2S/c10-6-3-5(11)1-2-7(6)16-4-8(14)13-9(12)15/h1-3H,4,11H2,(H3,12,13,14,15). The number of carbonyl (C=O) groups is 2. The lowest BCUT2D eigenvalue weighted by Gasteiger charge is -2.04. The molecule has 16 heavy (non-hydrogen) atoms. The van der Waals surface area contributed by atoms with Crippen LogP contribution in [0.1, 0.15) is 0 Å². The number of hydrogen-bond acceptors (Lipinski definition) is 4. The fourth-order valence-corrected chi connectivity index (χ4v) is 2.41. The SMILES string of the molecule is NC(=O)NC(=O)CSc1ccc(N)cc1Br. The summed E-state index contributed by atoms with van der Waals surface area (Å²) in [6.45, 7) is 0. The molecule has 0 radical (unpaired) electrons. The maximum atomic E-state index is 11.1. The summed E-state index contributed by atoms with van der Waals surface area (Å²) in [7, 11) is 0. The van der Waals surface area contributed by atoms with Crippen molar-refractivity contribution >= 4 is 45.3 Å². The van der Waals surface area contributed by atoms with Gasteiger partial charge in [-0.2, -0.15) is 0 Å². The summed E-state index contributed by atoms with van der Waals surface area (Å²) >= 11 is 4.61. The Balaban J connectivity index is 2.54. The van der Waals surface area contributed by atoms with E-state index in [9.17, 15) is 9.59 Å². The van der Waals surface area contributed by atoms with Gasteiger partial charge >= 0.3 is 6.03 Å². The lowest BCUT2D eigenvalue weighted by Crippen LogP contribution is -2.36. The van der Waals surface area contributed by atoms with Gasteiger partial charge in [-0.1, -0.05) is 0 Å². The van der Waals surface area contributed by atoms with Crippen LogP contribution in [-0.4, -0.2) is 17.7 Å². The third kappa shape index (κ3) is 4.11. The molecule has 0 aliphatic carbocycles. The third-order valence-electron chi connectivity index (χ3n) is 1.58. The largest absolute Gasteiger partial charge is 0.399 e. The molecule has 0 aliphatic rings. The van der Waals surface area contributed by atoms with Crippen LogP contribution in [0.15, 0.2) is 27.6 Å². The first-order chi connectivity index (χ1) is 7.49. The fourth-order valence-electron chi connectivity index (χ4n) is 0.951. The summed E-state index contributed by atoms with van der Waals surface area (Å²) in [4.78, 5) is 22.4. The van der Waals surface area contributed by atoms with Gasteiger partial charge in [0.25, 0.3) is 0 Å². The summed E-state index contributed by atoms with van der Waals surface area (Å²) < 4.78 is 0.810. The zero-order valence-corrected chi connectivity index (χ0v) is 10.6. The van der Waals surface area contributed by atoms with E-state index >= 15 is 0 Å². The number of thioether (sulfide) groups is 1. The molecule has 7 heteroatoms. The van der Waals surface area contributed by atoms with E-state index in [1.165, 1.54) is 11.8 Å². The molecular weight excluding hydrogens is 294 g/mol. The third-order valence-corrected chi connectivity index (χ3v) is 3.57. The van der Waals surface area contributed by atoms with Crippen molar-refractivity contribution in [3.05, 3.63) is 22.7 Å². The molecule has 1 aromatic rings. The summed E-state index contributed by atoms with van der Waals surface area (Å²) in [5, 5.41) is 1.98. The van der Waals surface area contributed by atoms with E-state index in [2.05, 4.69) is 15.9 Å². The van der Waals surface area contributed by atoms with Gasteiger partial charge in [-0.15, -0.1) is 11.8 Å². The quantitative estimate of drug-likeness (QED) is 0.579. The van der Waals surface area contributed by atoms with Crippen molar-refractivity contribution in [2.45, 2.75) is 4.90 Å². The van der Waals surface area contributed by atoms with Gasteiger partial charge in [0.05, 0.1) is 5.75 Å². The minimum atomic E-state index is -0.845. The Bertz CT molecular complexity index is 425. The molecule has 86 valence electrons. The summed E-state index contributed by atoms with van der Waals surface area (Å²) in [5.74, 6) is -0.313. The van der Waals surface area contributed by atoms with Crippen molar-refractivity contribution < 1.29 is 9.59 Å². The van der Waals surface area contributed by atoms with Crippen LogP contribution < -0.4 is 16.8 Å². The van der Waals surface area contributed by atoms with E-state index in [0.29, 0.717) is 5.69 Å². The number of primary amides is 1. The Morgan fingerprint density at radius 2 is 2.12 bits per heavy atom. The van der Waals surface area contributed by atoms with Crippen LogP contribution in [0.2, 0.25) is 0 Å². The number of amides is 3. The maximum Gasteiger partial charge on any atom is 0.318 e. The Morgan fingerprint density at radius 1 is 1.44 bits per heavy atom. The monoisotopic (exact) mass is 303 g/mol. The normalized spacial score (nSPS) is 9.81.